The predicted octanol–water partition coefficient (Wildman–Crippen LogP) is 1.12. The highest BCUT2D eigenvalue weighted by Crippen LogP contribution is 2.23. The van der Waals surface area contributed by atoms with Gasteiger partial charge in [-0.1, -0.05) is 0 Å². The number of nitrogens with one attached hydrogen (secondary N) is 1. The lowest BCUT2D eigenvalue weighted by Gasteiger charge is -2.08. The second-order valence-corrected chi connectivity index (χ2v) is 4.80. The lowest BCUT2D eigenvalue weighted by atomic mass is 10.2. The summed E-state index contributed by atoms with van der Waals surface area (Å²) in [7, 11) is 3.81. The molecule has 3 heterocycles. The number of rotatable bonds is 6. The van der Waals surface area contributed by atoms with Gasteiger partial charge >= 0.3 is 0 Å². The van der Waals surface area contributed by atoms with Crippen LogP contribution in [-0.4, -0.2) is 44.6 Å². The van der Waals surface area contributed by atoms with Gasteiger partial charge in [0.1, 0.15) is 5.52 Å². The Kier molecular flexibility index (Phi) is 3.83. The Balaban J connectivity index is 1.92. The van der Waals surface area contributed by atoms with E-state index < -0.39 is 0 Å². The predicted molar refractivity (Wildman–Crippen MR) is 79.2 cm³/mol. The summed E-state index contributed by atoms with van der Waals surface area (Å²) in [6, 6.07) is 1.90. The van der Waals surface area contributed by atoms with Crippen molar-refractivity contribution in [1.29, 1.82) is 0 Å². The van der Waals surface area contributed by atoms with Gasteiger partial charge in [-0.25, -0.2) is 9.50 Å². The number of ether oxygens (including phenoxy) is 1. The molecule has 0 fully saturated rings. The third kappa shape index (κ3) is 2.87. The molecule has 110 valence electrons. The Hall–Kier alpha value is -2.41. The highest BCUT2D eigenvalue weighted by molar-refractivity contribution is 5.63. The SMILES string of the molecule is CNCCCOc1nc(-c2cnn(C)c2)cn2nccc12. The van der Waals surface area contributed by atoms with Crippen molar-refractivity contribution in [2.75, 3.05) is 20.2 Å². The van der Waals surface area contributed by atoms with E-state index in [1.165, 1.54) is 0 Å². The summed E-state index contributed by atoms with van der Waals surface area (Å²) in [6.07, 6.45) is 8.25. The highest BCUT2D eigenvalue weighted by Gasteiger charge is 2.10. The molecule has 0 saturated carbocycles. The first-order valence-electron chi connectivity index (χ1n) is 6.89. The Bertz CT molecular complexity index is 732. The standard InChI is InChI=1S/C14H18N6O/c1-15-5-3-7-21-14-13-4-6-16-20(13)10-12(18-14)11-8-17-19(2)9-11/h4,6,8-10,15H,3,5,7H2,1-2H3. The second-order valence-electron chi connectivity index (χ2n) is 4.80. The first-order valence-corrected chi connectivity index (χ1v) is 6.89. The van der Waals surface area contributed by atoms with Crippen LogP contribution in [0.5, 0.6) is 5.88 Å². The number of aryl methyl sites for hydroxylation is 1. The summed E-state index contributed by atoms with van der Waals surface area (Å²) in [6.45, 7) is 1.53. The van der Waals surface area contributed by atoms with Crippen molar-refractivity contribution in [2.45, 2.75) is 6.42 Å². The number of hydrogen-bond donors (Lipinski definition) is 1. The van der Waals surface area contributed by atoms with Gasteiger partial charge in [0.05, 0.1) is 30.9 Å². The van der Waals surface area contributed by atoms with E-state index in [0.29, 0.717) is 12.5 Å². The van der Waals surface area contributed by atoms with Crippen LogP contribution in [0.1, 0.15) is 6.42 Å². The van der Waals surface area contributed by atoms with Crippen molar-refractivity contribution >= 4 is 5.52 Å². The lowest BCUT2D eigenvalue weighted by Crippen LogP contribution is -2.12. The van der Waals surface area contributed by atoms with E-state index in [2.05, 4.69) is 20.5 Å². The van der Waals surface area contributed by atoms with Crippen LogP contribution >= 0.6 is 0 Å². The van der Waals surface area contributed by atoms with Crippen molar-refractivity contribution < 1.29 is 4.74 Å². The first-order chi connectivity index (χ1) is 10.3. The molecule has 0 aromatic carbocycles. The van der Waals surface area contributed by atoms with Crippen molar-refractivity contribution in [3.63, 3.8) is 0 Å². The zero-order valence-corrected chi connectivity index (χ0v) is 12.2. The molecule has 0 bridgehead atoms. The quantitative estimate of drug-likeness (QED) is 0.688. The maximum atomic E-state index is 5.81. The van der Waals surface area contributed by atoms with Gasteiger partial charge in [-0.15, -0.1) is 0 Å². The maximum absolute atomic E-state index is 5.81. The molecule has 21 heavy (non-hydrogen) atoms. The summed E-state index contributed by atoms with van der Waals surface area (Å²) in [4.78, 5) is 4.60. The molecule has 0 amide bonds. The van der Waals surface area contributed by atoms with Gasteiger partial charge in [0, 0.05) is 18.8 Å². The van der Waals surface area contributed by atoms with E-state index in [4.69, 9.17) is 4.74 Å². The van der Waals surface area contributed by atoms with E-state index in [9.17, 15) is 0 Å². The van der Waals surface area contributed by atoms with E-state index in [-0.39, 0.29) is 0 Å². The van der Waals surface area contributed by atoms with Crippen LogP contribution in [0.25, 0.3) is 16.8 Å². The average Bonchev–Trinajstić information content (AvgIpc) is 3.11. The summed E-state index contributed by atoms with van der Waals surface area (Å²) < 4.78 is 9.34. The van der Waals surface area contributed by atoms with Crippen LogP contribution in [0.4, 0.5) is 0 Å². The molecular formula is C14H18N6O. The number of nitrogens with zero attached hydrogens (tertiary/aromatic N) is 5. The number of aromatic nitrogens is 5. The lowest BCUT2D eigenvalue weighted by molar-refractivity contribution is 0.301. The van der Waals surface area contributed by atoms with Gasteiger partial charge in [0.15, 0.2) is 0 Å². The molecular weight excluding hydrogens is 268 g/mol. The fourth-order valence-electron chi connectivity index (χ4n) is 2.11. The van der Waals surface area contributed by atoms with Gasteiger partial charge < -0.3 is 10.1 Å². The molecule has 3 rings (SSSR count). The third-order valence-corrected chi connectivity index (χ3v) is 3.17. The van der Waals surface area contributed by atoms with Crippen molar-refractivity contribution in [3.05, 3.63) is 30.9 Å². The minimum atomic E-state index is 0.602. The van der Waals surface area contributed by atoms with Crippen LogP contribution in [0.3, 0.4) is 0 Å². The Labute approximate surface area is 122 Å². The van der Waals surface area contributed by atoms with E-state index in [1.54, 1.807) is 21.6 Å². The molecule has 7 heteroatoms. The van der Waals surface area contributed by atoms with Crippen LogP contribution in [0.2, 0.25) is 0 Å². The largest absolute Gasteiger partial charge is 0.476 e. The van der Waals surface area contributed by atoms with E-state index in [0.717, 1.165) is 29.7 Å². The maximum Gasteiger partial charge on any atom is 0.240 e. The number of hydrogen-bond acceptors (Lipinski definition) is 5. The zero-order valence-electron chi connectivity index (χ0n) is 12.2. The molecule has 0 spiro atoms. The summed E-state index contributed by atoms with van der Waals surface area (Å²) >= 11 is 0. The topological polar surface area (TPSA) is 69.3 Å². The monoisotopic (exact) mass is 286 g/mol. The second kappa shape index (κ2) is 5.92. The van der Waals surface area contributed by atoms with Crippen LogP contribution in [0, 0.1) is 0 Å². The van der Waals surface area contributed by atoms with Gasteiger partial charge in [-0.05, 0) is 26.1 Å². The van der Waals surface area contributed by atoms with Gasteiger partial charge in [0.2, 0.25) is 5.88 Å². The van der Waals surface area contributed by atoms with Gasteiger partial charge in [-0.3, -0.25) is 4.68 Å². The molecule has 3 aromatic heterocycles. The van der Waals surface area contributed by atoms with Crippen LogP contribution < -0.4 is 10.1 Å². The summed E-state index contributed by atoms with van der Waals surface area (Å²) in [5.41, 5.74) is 2.60. The molecule has 0 aliphatic heterocycles. The summed E-state index contributed by atoms with van der Waals surface area (Å²) in [5, 5.41) is 11.5. The molecule has 7 nitrogen and oxygen atoms in total. The fraction of sp³-hybridized carbons (Fsp3) is 0.357. The summed E-state index contributed by atoms with van der Waals surface area (Å²) in [5.74, 6) is 0.602. The smallest absolute Gasteiger partial charge is 0.240 e. The normalized spacial score (nSPS) is 11.1. The Morgan fingerprint density at radius 2 is 2.19 bits per heavy atom. The molecule has 1 N–H and O–H groups in total. The molecule has 0 atom stereocenters. The first kappa shape index (κ1) is 13.6. The molecule has 0 aliphatic rings. The van der Waals surface area contributed by atoms with Crippen molar-refractivity contribution in [2.24, 2.45) is 7.05 Å². The molecule has 0 unspecified atom stereocenters. The average molecular weight is 286 g/mol. The third-order valence-electron chi connectivity index (χ3n) is 3.17. The fourth-order valence-corrected chi connectivity index (χ4v) is 2.11. The number of fused-ring (bicyclic) bond motifs is 1. The van der Waals surface area contributed by atoms with Gasteiger partial charge in [0.25, 0.3) is 0 Å². The van der Waals surface area contributed by atoms with Crippen LogP contribution in [0.15, 0.2) is 30.9 Å². The zero-order chi connectivity index (χ0) is 14.7. The Morgan fingerprint density at radius 1 is 1.29 bits per heavy atom. The molecule has 3 aromatic rings. The van der Waals surface area contributed by atoms with E-state index in [1.807, 2.05) is 32.6 Å². The molecule has 0 aliphatic carbocycles. The van der Waals surface area contributed by atoms with Crippen molar-refractivity contribution in [3.8, 4) is 17.1 Å². The van der Waals surface area contributed by atoms with Gasteiger partial charge in [-0.2, -0.15) is 10.2 Å². The Morgan fingerprint density at radius 3 is 2.95 bits per heavy atom. The highest BCUT2D eigenvalue weighted by atomic mass is 16.5. The van der Waals surface area contributed by atoms with Crippen LogP contribution in [-0.2, 0) is 7.05 Å². The minimum absolute atomic E-state index is 0.602. The molecule has 0 saturated heterocycles. The van der Waals surface area contributed by atoms with E-state index >= 15 is 0 Å². The van der Waals surface area contributed by atoms with Crippen molar-refractivity contribution in [1.82, 2.24) is 29.7 Å². The minimum Gasteiger partial charge on any atom is -0.476 e. The molecule has 0 radical (unpaired) electrons.